The van der Waals surface area contributed by atoms with Crippen LogP contribution in [-0.2, 0) is 4.79 Å². The summed E-state index contributed by atoms with van der Waals surface area (Å²) in [6, 6.07) is 6.02. The second-order valence-corrected chi connectivity index (χ2v) is 7.05. The quantitative estimate of drug-likeness (QED) is 0.853. The van der Waals surface area contributed by atoms with Crippen molar-refractivity contribution in [3.63, 3.8) is 0 Å². The van der Waals surface area contributed by atoms with Crippen LogP contribution in [0, 0.1) is 5.92 Å². The zero-order valence-electron chi connectivity index (χ0n) is 12.1. The second kappa shape index (κ2) is 5.97. The number of nitrogens with zero attached hydrogens (tertiary/aromatic N) is 1. The van der Waals surface area contributed by atoms with Crippen molar-refractivity contribution < 1.29 is 14.6 Å². The van der Waals surface area contributed by atoms with Crippen molar-refractivity contribution in [1.82, 2.24) is 4.90 Å². The van der Waals surface area contributed by atoms with Crippen LogP contribution >= 0.6 is 15.9 Å². The molecule has 1 heterocycles. The van der Waals surface area contributed by atoms with Crippen molar-refractivity contribution in [1.29, 1.82) is 0 Å². The van der Waals surface area contributed by atoms with E-state index in [1.54, 1.807) is 0 Å². The van der Waals surface area contributed by atoms with E-state index in [1.165, 1.54) is 0 Å². The summed E-state index contributed by atoms with van der Waals surface area (Å²) in [5.74, 6) is 0.783. The molecule has 5 heteroatoms. The van der Waals surface area contributed by atoms with E-state index >= 15 is 0 Å². The van der Waals surface area contributed by atoms with Crippen molar-refractivity contribution >= 4 is 21.9 Å². The topological polar surface area (TPSA) is 49.8 Å². The fraction of sp³-hybridized carbons (Fsp3) is 0.562. The van der Waals surface area contributed by atoms with Crippen LogP contribution < -0.4 is 4.74 Å². The van der Waals surface area contributed by atoms with Crippen LogP contribution in [-0.4, -0.2) is 42.2 Å². The van der Waals surface area contributed by atoms with E-state index in [0.29, 0.717) is 5.92 Å². The van der Waals surface area contributed by atoms with Gasteiger partial charge in [0.25, 0.3) is 0 Å². The van der Waals surface area contributed by atoms with Crippen LogP contribution in [0.15, 0.2) is 22.7 Å². The molecule has 4 nitrogen and oxygen atoms in total. The maximum atomic E-state index is 11.0. The van der Waals surface area contributed by atoms with Crippen molar-refractivity contribution in [2.24, 2.45) is 5.92 Å². The number of rotatable bonds is 6. The van der Waals surface area contributed by atoms with Crippen molar-refractivity contribution in [2.45, 2.75) is 31.3 Å². The zero-order valence-corrected chi connectivity index (χ0v) is 13.7. The molecule has 0 spiro atoms. The lowest BCUT2D eigenvalue weighted by Gasteiger charge is -2.36. The number of halogens is 1. The minimum Gasteiger partial charge on any atom is -0.487 e. The first-order chi connectivity index (χ1) is 10.0. The molecule has 0 bridgehead atoms. The van der Waals surface area contributed by atoms with Crippen LogP contribution in [0.25, 0.3) is 0 Å². The number of ether oxygens (including phenoxy) is 1. The molecule has 1 saturated carbocycles. The molecule has 1 saturated heterocycles. The highest BCUT2D eigenvalue weighted by molar-refractivity contribution is 9.10. The van der Waals surface area contributed by atoms with Crippen LogP contribution in [0.2, 0.25) is 0 Å². The molecule has 1 aromatic carbocycles. The van der Waals surface area contributed by atoms with Gasteiger partial charge in [-0.15, -0.1) is 0 Å². The van der Waals surface area contributed by atoms with Crippen LogP contribution in [0.1, 0.15) is 30.7 Å². The van der Waals surface area contributed by atoms with Crippen LogP contribution in [0.4, 0.5) is 0 Å². The lowest BCUT2D eigenvalue weighted by molar-refractivity contribution is -0.137. The van der Waals surface area contributed by atoms with Gasteiger partial charge >= 0.3 is 5.97 Å². The van der Waals surface area contributed by atoms with E-state index in [4.69, 9.17) is 9.84 Å². The Balaban J connectivity index is 1.71. The van der Waals surface area contributed by atoms with Crippen molar-refractivity contribution in [3.05, 3.63) is 28.2 Å². The van der Waals surface area contributed by atoms with E-state index in [0.717, 1.165) is 41.7 Å². The van der Waals surface area contributed by atoms with Gasteiger partial charge in [0.1, 0.15) is 11.9 Å². The average molecular weight is 354 g/mol. The van der Waals surface area contributed by atoms with Crippen molar-refractivity contribution in [2.75, 3.05) is 20.1 Å². The molecular weight excluding hydrogens is 334 g/mol. The summed E-state index contributed by atoms with van der Waals surface area (Å²) in [5.41, 5.74) is 1.10. The Morgan fingerprint density at radius 1 is 1.48 bits per heavy atom. The van der Waals surface area contributed by atoms with E-state index < -0.39 is 5.97 Å². The number of carboxylic acid groups (broad SMARTS) is 1. The molecule has 0 radical (unpaired) electrons. The molecule has 1 unspecified atom stereocenters. The Morgan fingerprint density at radius 3 is 2.71 bits per heavy atom. The van der Waals surface area contributed by atoms with Gasteiger partial charge in [0.2, 0.25) is 0 Å². The van der Waals surface area contributed by atoms with Crippen molar-refractivity contribution in [3.8, 4) is 5.75 Å². The summed E-state index contributed by atoms with van der Waals surface area (Å²) in [6.07, 6.45) is 2.75. The summed E-state index contributed by atoms with van der Waals surface area (Å²) >= 11 is 3.56. The first-order valence-corrected chi connectivity index (χ1v) is 8.18. The predicted molar refractivity (Wildman–Crippen MR) is 83.8 cm³/mol. The summed E-state index contributed by atoms with van der Waals surface area (Å²) in [5, 5.41) is 9.09. The summed E-state index contributed by atoms with van der Waals surface area (Å²) < 4.78 is 6.86. The van der Waals surface area contributed by atoms with Gasteiger partial charge in [-0.3, -0.25) is 9.69 Å². The highest BCUT2D eigenvalue weighted by atomic mass is 79.9. The highest BCUT2D eigenvalue weighted by Crippen LogP contribution is 2.45. The monoisotopic (exact) mass is 353 g/mol. The van der Waals surface area contributed by atoms with Gasteiger partial charge in [-0.25, -0.2) is 0 Å². The molecule has 1 aromatic rings. The van der Waals surface area contributed by atoms with Crippen LogP contribution in [0.5, 0.6) is 5.75 Å². The predicted octanol–water partition coefficient (Wildman–Crippen LogP) is 3.11. The van der Waals surface area contributed by atoms with Gasteiger partial charge in [0.05, 0.1) is 10.9 Å². The molecule has 2 aliphatic rings. The third kappa shape index (κ3) is 3.58. The molecule has 0 amide bonds. The number of hydrogen-bond donors (Lipinski definition) is 1. The maximum absolute atomic E-state index is 11.0. The lowest BCUT2D eigenvalue weighted by Crippen LogP contribution is -2.51. The zero-order chi connectivity index (χ0) is 15.0. The first kappa shape index (κ1) is 14.9. The third-order valence-electron chi connectivity index (χ3n) is 4.29. The van der Waals surface area contributed by atoms with Gasteiger partial charge in [-0.05, 0) is 65.4 Å². The van der Waals surface area contributed by atoms with Gasteiger partial charge in [-0.1, -0.05) is 6.07 Å². The number of carboxylic acids is 1. The number of likely N-dealkylation sites (N-methyl/N-ethyl adjacent to an activating group) is 1. The smallest absolute Gasteiger partial charge is 0.303 e. The number of carbonyl (C=O) groups is 1. The molecule has 1 N–H and O–H groups in total. The Labute approximate surface area is 133 Å². The fourth-order valence-corrected chi connectivity index (χ4v) is 3.47. The average Bonchev–Trinajstić information content (AvgIpc) is 3.20. The van der Waals surface area contributed by atoms with E-state index in [-0.39, 0.29) is 18.4 Å². The van der Waals surface area contributed by atoms with Gasteiger partial charge < -0.3 is 9.84 Å². The van der Waals surface area contributed by atoms with E-state index in [1.807, 2.05) is 18.2 Å². The van der Waals surface area contributed by atoms with E-state index in [9.17, 15) is 4.79 Å². The standard InChI is InChI=1S/C16H20BrNO3/c1-18-8-12(9-18)21-15-5-4-11(6-14(15)17)13(7-16(19)20)10-2-3-10/h4-6,10,12-13H,2-3,7-9H2,1H3,(H,19,20). The van der Waals surface area contributed by atoms with E-state index in [2.05, 4.69) is 27.9 Å². The van der Waals surface area contributed by atoms with Gasteiger partial charge in [0, 0.05) is 13.1 Å². The third-order valence-corrected chi connectivity index (χ3v) is 4.91. The number of hydrogen-bond acceptors (Lipinski definition) is 3. The lowest BCUT2D eigenvalue weighted by atomic mass is 9.91. The molecule has 2 fully saturated rings. The Bertz CT molecular complexity index is 538. The minimum atomic E-state index is -0.721. The molecule has 1 aliphatic heterocycles. The largest absolute Gasteiger partial charge is 0.487 e. The number of benzene rings is 1. The Hall–Kier alpha value is -1.07. The summed E-state index contributed by atoms with van der Waals surface area (Å²) in [4.78, 5) is 13.3. The maximum Gasteiger partial charge on any atom is 0.303 e. The molecular formula is C16H20BrNO3. The molecule has 3 rings (SSSR count). The molecule has 1 atom stereocenters. The summed E-state index contributed by atoms with van der Waals surface area (Å²) in [7, 11) is 2.07. The first-order valence-electron chi connectivity index (χ1n) is 7.39. The Kier molecular flexibility index (Phi) is 4.22. The number of likely N-dealkylation sites (tertiary alicyclic amines) is 1. The SMILES string of the molecule is CN1CC(Oc2ccc(C(CC(=O)O)C3CC3)cc2Br)C1. The minimum absolute atomic E-state index is 0.127. The van der Waals surface area contributed by atoms with Crippen LogP contribution in [0.3, 0.4) is 0 Å². The normalized spacial score (nSPS) is 20.9. The Morgan fingerprint density at radius 2 is 2.19 bits per heavy atom. The van der Waals surface area contributed by atoms with Gasteiger partial charge in [-0.2, -0.15) is 0 Å². The fourth-order valence-electron chi connectivity index (χ4n) is 2.98. The summed E-state index contributed by atoms with van der Waals surface area (Å²) in [6.45, 7) is 1.91. The molecule has 1 aliphatic carbocycles. The number of aliphatic carboxylic acids is 1. The highest BCUT2D eigenvalue weighted by Gasteiger charge is 2.34. The second-order valence-electron chi connectivity index (χ2n) is 6.19. The molecule has 21 heavy (non-hydrogen) atoms. The molecule has 114 valence electrons. The molecule has 0 aromatic heterocycles. The van der Waals surface area contributed by atoms with Gasteiger partial charge in [0.15, 0.2) is 0 Å².